The zero-order valence-corrected chi connectivity index (χ0v) is 9.23. The van der Waals surface area contributed by atoms with Gasteiger partial charge in [0.05, 0.1) is 5.56 Å². The lowest BCUT2D eigenvalue weighted by atomic mass is 10.1. The Kier molecular flexibility index (Phi) is 4.03. The van der Waals surface area contributed by atoms with Crippen LogP contribution in [0, 0.1) is 29.1 Å². The number of carbonyl (C=O) groups excluding carboxylic acids is 1. The number of hydrogen-bond acceptors (Lipinski definition) is 2. The summed E-state index contributed by atoms with van der Waals surface area (Å²) in [7, 11) is 0. The first kappa shape index (κ1) is 14.8. The maximum atomic E-state index is 13.2. The Hall–Kier alpha value is -2.25. The standard InChI is InChI=1S/C11H5F5O3/c1-3(17)4(11(18)19)2-5-6(12)8(14)10(16)9(15)7(5)13/h2H,1H3,(H,18,19)/b4-2-. The van der Waals surface area contributed by atoms with Crippen molar-refractivity contribution in [2.75, 3.05) is 0 Å². The molecule has 1 N–H and O–H groups in total. The minimum absolute atomic E-state index is 0.0981. The first-order chi connectivity index (χ1) is 8.68. The molecule has 0 aromatic heterocycles. The molecule has 0 radical (unpaired) electrons. The largest absolute Gasteiger partial charge is 0.478 e. The SMILES string of the molecule is CC(=O)/C(=C/c1c(F)c(F)c(F)c(F)c1F)C(=O)O. The normalized spacial score (nSPS) is 11.6. The second-order valence-electron chi connectivity index (χ2n) is 3.40. The minimum atomic E-state index is -2.37. The molecule has 0 saturated carbocycles. The van der Waals surface area contributed by atoms with Gasteiger partial charge in [-0.1, -0.05) is 0 Å². The third-order valence-electron chi connectivity index (χ3n) is 2.14. The van der Waals surface area contributed by atoms with E-state index in [9.17, 15) is 31.5 Å². The molecular weight excluding hydrogens is 275 g/mol. The van der Waals surface area contributed by atoms with E-state index in [1.807, 2.05) is 0 Å². The number of aliphatic carboxylic acids is 1. The van der Waals surface area contributed by atoms with Gasteiger partial charge < -0.3 is 5.11 Å². The van der Waals surface area contributed by atoms with E-state index in [0.29, 0.717) is 0 Å². The fraction of sp³-hybridized carbons (Fsp3) is 0.0909. The van der Waals surface area contributed by atoms with Crippen molar-refractivity contribution >= 4 is 17.8 Å². The molecule has 0 amide bonds. The van der Waals surface area contributed by atoms with Crippen molar-refractivity contribution in [3.05, 3.63) is 40.2 Å². The second-order valence-corrected chi connectivity index (χ2v) is 3.40. The maximum Gasteiger partial charge on any atom is 0.339 e. The Bertz CT molecular complexity index is 562. The van der Waals surface area contributed by atoms with Crippen molar-refractivity contribution in [1.82, 2.24) is 0 Å². The highest BCUT2D eigenvalue weighted by atomic mass is 19.2. The summed E-state index contributed by atoms with van der Waals surface area (Å²) in [5, 5.41) is 8.58. The molecular formula is C11H5F5O3. The van der Waals surface area contributed by atoms with Gasteiger partial charge in [-0.05, 0) is 13.0 Å². The molecule has 0 heterocycles. The number of carboxylic acid groups (broad SMARTS) is 1. The van der Waals surface area contributed by atoms with Gasteiger partial charge in [-0.2, -0.15) is 0 Å². The number of carboxylic acids is 1. The molecule has 1 aromatic rings. The van der Waals surface area contributed by atoms with Crippen molar-refractivity contribution in [3.8, 4) is 0 Å². The Balaban J connectivity index is 3.65. The first-order valence-electron chi connectivity index (χ1n) is 4.65. The summed E-state index contributed by atoms with van der Waals surface area (Å²) >= 11 is 0. The Morgan fingerprint density at radius 1 is 0.895 bits per heavy atom. The van der Waals surface area contributed by atoms with Crippen LogP contribution in [0.2, 0.25) is 0 Å². The number of carbonyl (C=O) groups is 2. The fourth-order valence-electron chi connectivity index (χ4n) is 1.21. The molecule has 0 aliphatic rings. The molecule has 0 aliphatic heterocycles. The number of benzene rings is 1. The molecule has 8 heteroatoms. The smallest absolute Gasteiger partial charge is 0.339 e. The van der Waals surface area contributed by atoms with Gasteiger partial charge in [0.15, 0.2) is 29.1 Å². The van der Waals surface area contributed by atoms with Crippen LogP contribution in [0.5, 0.6) is 0 Å². The lowest BCUT2D eigenvalue weighted by Crippen LogP contribution is -2.11. The van der Waals surface area contributed by atoms with Gasteiger partial charge in [0.1, 0.15) is 5.57 Å². The van der Waals surface area contributed by atoms with Crippen LogP contribution >= 0.6 is 0 Å². The summed E-state index contributed by atoms with van der Waals surface area (Å²) in [6.07, 6.45) is 0.0981. The number of ketones is 1. The lowest BCUT2D eigenvalue weighted by molar-refractivity contribution is -0.134. The number of halogens is 5. The van der Waals surface area contributed by atoms with Crippen molar-refractivity contribution in [3.63, 3.8) is 0 Å². The van der Waals surface area contributed by atoms with E-state index in [-0.39, 0.29) is 6.08 Å². The molecule has 0 aliphatic carbocycles. The van der Waals surface area contributed by atoms with E-state index in [0.717, 1.165) is 6.92 Å². The molecule has 0 atom stereocenters. The number of hydrogen-bond donors (Lipinski definition) is 1. The average molecular weight is 280 g/mol. The van der Waals surface area contributed by atoms with Gasteiger partial charge in [-0.25, -0.2) is 26.7 Å². The van der Waals surface area contributed by atoms with Crippen LogP contribution in [-0.4, -0.2) is 16.9 Å². The minimum Gasteiger partial charge on any atom is -0.478 e. The average Bonchev–Trinajstić information content (AvgIpc) is 2.33. The maximum absolute atomic E-state index is 13.2. The predicted octanol–water partition coefficient (Wildman–Crippen LogP) is 2.44. The number of rotatable bonds is 3. The monoisotopic (exact) mass is 280 g/mol. The fourth-order valence-corrected chi connectivity index (χ4v) is 1.21. The van der Waals surface area contributed by atoms with Crippen molar-refractivity contribution in [1.29, 1.82) is 0 Å². The molecule has 0 unspecified atom stereocenters. The van der Waals surface area contributed by atoms with Gasteiger partial charge in [0, 0.05) is 0 Å². The molecule has 0 saturated heterocycles. The molecule has 102 valence electrons. The summed E-state index contributed by atoms with van der Waals surface area (Å²) in [6.45, 7) is 0.770. The van der Waals surface area contributed by atoms with Gasteiger partial charge in [-0.3, -0.25) is 4.79 Å². The van der Waals surface area contributed by atoms with Crippen LogP contribution in [0.25, 0.3) is 6.08 Å². The van der Waals surface area contributed by atoms with E-state index in [1.165, 1.54) is 0 Å². The molecule has 0 fully saturated rings. The number of Topliss-reactive ketones (excluding diaryl/α,β-unsaturated/α-hetero) is 1. The Morgan fingerprint density at radius 3 is 1.58 bits per heavy atom. The van der Waals surface area contributed by atoms with E-state index in [1.54, 1.807) is 0 Å². The summed E-state index contributed by atoms with van der Waals surface area (Å²) in [6, 6.07) is 0. The van der Waals surface area contributed by atoms with Crippen molar-refractivity contribution in [2.24, 2.45) is 0 Å². The highest BCUT2D eigenvalue weighted by Gasteiger charge is 2.26. The second kappa shape index (κ2) is 5.17. The molecule has 0 bridgehead atoms. The summed E-state index contributed by atoms with van der Waals surface area (Å²) in [4.78, 5) is 21.5. The summed E-state index contributed by atoms with van der Waals surface area (Å²) in [5.41, 5.74) is -2.59. The molecule has 1 rings (SSSR count). The zero-order chi connectivity index (χ0) is 14.9. The Morgan fingerprint density at radius 2 is 1.26 bits per heavy atom. The van der Waals surface area contributed by atoms with Crippen LogP contribution in [-0.2, 0) is 9.59 Å². The predicted molar refractivity (Wildman–Crippen MR) is 52.5 cm³/mol. The molecule has 19 heavy (non-hydrogen) atoms. The van der Waals surface area contributed by atoms with Gasteiger partial charge >= 0.3 is 5.97 Å². The third-order valence-corrected chi connectivity index (χ3v) is 2.14. The first-order valence-corrected chi connectivity index (χ1v) is 4.65. The quantitative estimate of drug-likeness (QED) is 0.231. The lowest BCUT2D eigenvalue weighted by Gasteiger charge is -2.05. The topological polar surface area (TPSA) is 54.4 Å². The molecule has 3 nitrogen and oxygen atoms in total. The van der Waals surface area contributed by atoms with Gasteiger partial charge in [0.2, 0.25) is 5.82 Å². The molecule has 0 spiro atoms. The zero-order valence-electron chi connectivity index (χ0n) is 9.23. The summed E-state index contributed by atoms with van der Waals surface area (Å²) < 4.78 is 64.8. The highest BCUT2D eigenvalue weighted by molar-refractivity contribution is 6.19. The van der Waals surface area contributed by atoms with Crippen LogP contribution in [0.4, 0.5) is 22.0 Å². The van der Waals surface area contributed by atoms with Gasteiger partial charge in [0.25, 0.3) is 0 Å². The van der Waals surface area contributed by atoms with Crippen LogP contribution < -0.4 is 0 Å². The van der Waals surface area contributed by atoms with E-state index >= 15 is 0 Å². The van der Waals surface area contributed by atoms with Crippen LogP contribution in [0.3, 0.4) is 0 Å². The highest BCUT2D eigenvalue weighted by Crippen LogP contribution is 2.25. The molecule has 1 aromatic carbocycles. The van der Waals surface area contributed by atoms with Gasteiger partial charge in [-0.15, -0.1) is 0 Å². The van der Waals surface area contributed by atoms with Crippen LogP contribution in [0.15, 0.2) is 5.57 Å². The van der Waals surface area contributed by atoms with E-state index in [4.69, 9.17) is 5.11 Å². The van der Waals surface area contributed by atoms with Crippen LogP contribution in [0.1, 0.15) is 12.5 Å². The van der Waals surface area contributed by atoms with E-state index in [2.05, 4.69) is 0 Å². The van der Waals surface area contributed by atoms with Crippen molar-refractivity contribution < 1.29 is 36.6 Å². The third kappa shape index (κ3) is 2.61. The Labute approximate surface area is 103 Å². The van der Waals surface area contributed by atoms with Crippen molar-refractivity contribution in [2.45, 2.75) is 6.92 Å². The summed E-state index contributed by atoms with van der Waals surface area (Å²) in [5.74, 6) is -14.2. The van der Waals surface area contributed by atoms with E-state index < -0.39 is 52.0 Å².